The molecule has 106 valence electrons. The van der Waals surface area contributed by atoms with E-state index in [0.717, 1.165) is 0 Å². The van der Waals surface area contributed by atoms with Crippen LogP contribution >= 0.6 is 7.92 Å². The van der Waals surface area contributed by atoms with Crippen LogP contribution in [-0.4, -0.2) is 5.16 Å². The molecule has 1 rings (SSSR count). The summed E-state index contributed by atoms with van der Waals surface area (Å²) in [7, 11) is -0.202. The summed E-state index contributed by atoms with van der Waals surface area (Å²) in [5.74, 6) is 2.48. The second kappa shape index (κ2) is 8.54. The molecule has 0 aliphatic heterocycles. The monoisotopic (exact) mass is 276 g/mol. The van der Waals surface area contributed by atoms with Gasteiger partial charge in [0.05, 0.1) is 0 Å². The van der Waals surface area contributed by atoms with Crippen molar-refractivity contribution in [2.45, 2.75) is 65.0 Å². The minimum absolute atomic E-state index is 0.202. The summed E-state index contributed by atoms with van der Waals surface area (Å²) in [4.78, 5) is 0. The van der Waals surface area contributed by atoms with Crippen molar-refractivity contribution in [3.63, 3.8) is 0 Å². The van der Waals surface area contributed by atoms with E-state index in [0.29, 0.717) is 5.16 Å². The van der Waals surface area contributed by atoms with Gasteiger partial charge in [-0.3, -0.25) is 0 Å². The van der Waals surface area contributed by atoms with Gasteiger partial charge in [0, 0.05) is 0 Å². The molecule has 0 N–H and O–H groups in total. The quantitative estimate of drug-likeness (QED) is 0.418. The van der Waals surface area contributed by atoms with Crippen LogP contribution in [0, 0.1) is 0 Å². The summed E-state index contributed by atoms with van der Waals surface area (Å²) < 4.78 is 0. The molecular weight excluding hydrogens is 247 g/mol. The Balaban J connectivity index is 2.59. The highest BCUT2D eigenvalue weighted by molar-refractivity contribution is 7.70. The molecule has 0 aliphatic rings. The molecule has 0 bridgehead atoms. The third kappa shape index (κ3) is 6.39. The third-order valence-electron chi connectivity index (χ3n) is 3.24. The molecule has 1 aromatic rings. The van der Waals surface area contributed by atoms with Gasteiger partial charge in [0.1, 0.15) is 0 Å². The van der Waals surface area contributed by atoms with Gasteiger partial charge in [0.15, 0.2) is 0 Å². The van der Waals surface area contributed by atoms with Crippen molar-refractivity contribution in [3.8, 4) is 0 Å². The average Bonchev–Trinajstić information content (AvgIpc) is 2.37. The van der Waals surface area contributed by atoms with Crippen molar-refractivity contribution in [3.05, 3.63) is 42.2 Å². The second-order valence-electron chi connectivity index (χ2n) is 6.11. The van der Waals surface area contributed by atoms with E-state index in [-0.39, 0.29) is 7.92 Å². The van der Waals surface area contributed by atoms with Gasteiger partial charge in [-0.15, -0.1) is 0 Å². The predicted octanol–water partition coefficient (Wildman–Crippen LogP) is 6.08. The molecule has 1 atom stereocenters. The SMILES string of the molecule is CCCCCC/C=C\P(c1ccccc1)C(C)(C)C. The van der Waals surface area contributed by atoms with Gasteiger partial charge in [-0.25, -0.2) is 0 Å². The van der Waals surface area contributed by atoms with Crippen LogP contribution in [0.4, 0.5) is 0 Å². The van der Waals surface area contributed by atoms with E-state index < -0.39 is 0 Å². The Labute approximate surface area is 121 Å². The topological polar surface area (TPSA) is 0 Å². The van der Waals surface area contributed by atoms with Gasteiger partial charge in [-0.2, -0.15) is 0 Å². The summed E-state index contributed by atoms with van der Waals surface area (Å²) in [5, 5.41) is 1.84. The maximum Gasteiger partial charge on any atom is -0.0105 e. The van der Waals surface area contributed by atoms with Crippen LogP contribution in [0.25, 0.3) is 0 Å². The number of allylic oxidation sites excluding steroid dienone is 1. The zero-order valence-corrected chi connectivity index (χ0v) is 13.9. The minimum atomic E-state index is -0.202. The van der Waals surface area contributed by atoms with Gasteiger partial charge >= 0.3 is 0 Å². The van der Waals surface area contributed by atoms with Gasteiger partial charge < -0.3 is 0 Å². The normalized spacial score (nSPS) is 13.9. The van der Waals surface area contributed by atoms with Crippen molar-refractivity contribution in [2.24, 2.45) is 0 Å². The molecule has 1 aromatic carbocycles. The fraction of sp³-hybridized carbons (Fsp3) is 0.556. The van der Waals surface area contributed by atoms with Gasteiger partial charge in [0.25, 0.3) is 0 Å². The summed E-state index contributed by atoms with van der Waals surface area (Å²) in [6.45, 7) is 9.33. The smallest absolute Gasteiger partial charge is 0.0105 e. The molecule has 0 aromatic heterocycles. The zero-order chi connectivity index (χ0) is 14.1. The first-order valence-electron chi connectivity index (χ1n) is 7.56. The summed E-state index contributed by atoms with van der Waals surface area (Å²) in [6, 6.07) is 11.0. The zero-order valence-electron chi connectivity index (χ0n) is 13.0. The lowest BCUT2D eigenvalue weighted by molar-refractivity contribution is 0.674. The molecule has 0 spiro atoms. The van der Waals surface area contributed by atoms with Crippen LogP contribution in [0.2, 0.25) is 0 Å². The van der Waals surface area contributed by atoms with E-state index in [2.05, 4.69) is 69.9 Å². The summed E-state index contributed by atoms with van der Waals surface area (Å²) in [5.41, 5.74) is 0. The van der Waals surface area contributed by atoms with Crippen LogP contribution in [0.1, 0.15) is 59.8 Å². The fourth-order valence-corrected chi connectivity index (χ4v) is 4.40. The molecule has 1 unspecified atom stereocenters. The standard InChI is InChI=1S/C18H29P/c1-5-6-7-8-9-13-16-19(18(2,3)4)17-14-11-10-12-15-17/h10-16H,5-9H2,1-4H3/b16-13-. The lowest BCUT2D eigenvalue weighted by atomic mass is 10.2. The molecule has 0 fully saturated rings. The Hall–Kier alpha value is -0.610. The first-order valence-corrected chi connectivity index (χ1v) is 8.98. The lowest BCUT2D eigenvalue weighted by Crippen LogP contribution is -2.17. The first-order chi connectivity index (χ1) is 9.05. The minimum Gasteiger partial charge on any atom is -0.0837 e. The van der Waals surface area contributed by atoms with E-state index in [1.54, 1.807) is 0 Å². The van der Waals surface area contributed by atoms with Crippen molar-refractivity contribution in [2.75, 3.05) is 0 Å². The molecule has 0 saturated carbocycles. The number of rotatable bonds is 7. The molecular formula is C18H29P. The van der Waals surface area contributed by atoms with Gasteiger partial charge in [-0.1, -0.05) is 89.2 Å². The molecule has 19 heavy (non-hydrogen) atoms. The first kappa shape index (κ1) is 16.4. The Kier molecular flexibility index (Phi) is 7.39. The lowest BCUT2D eigenvalue weighted by Gasteiger charge is -2.29. The number of hydrogen-bond donors (Lipinski definition) is 0. The highest BCUT2D eigenvalue weighted by atomic mass is 31.1. The van der Waals surface area contributed by atoms with E-state index in [4.69, 9.17) is 0 Å². The Morgan fingerprint density at radius 3 is 2.26 bits per heavy atom. The predicted molar refractivity (Wildman–Crippen MR) is 90.6 cm³/mol. The largest absolute Gasteiger partial charge is 0.0837 e. The van der Waals surface area contributed by atoms with Crippen LogP contribution < -0.4 is 5.30 Å². The second-order valence-corrected chi connectivity index (χ2v) is 9.01. The van der Waals surface area contributed by atoms with E-state index >= 15 is 0 Å². The Morgan fingerprint density at radius 1 is 1.00 bits per heavy atom. The molecule has 0 heterocycles. The molecule has 1 heteroatoms. The third-order valence-corrected chi connectivity index (χ3v) is 6.04. The van der Waals surface area contributed by atoms with Crippen LogP contribution in [0.5, 0.6) is 0 Å². The molecule has 0 amide bonds. The summed E-state index contributed by atoms with van der Waals surface area (Å²) in [6.07, 6.45) is 9.07. The van der Waals surface area contributed by atoms with Gasteiger partial charge in [0.2, 0.25) is 0 Å². The van der Waals surface area contributed by atoms with Crippen molar-refractivity contribution in [1.29, 1.82) is 0 Å². The Bertz CT molecular complexity index is 359. The molecule has 0 saturated heterocycles. The number of unbranched alkanes of at least 4 members (excludes halogenated alkanes) is 4. The van der Waals surface area contributed by atoms with Crippen LogP contribution in [-0.2, 0) is 0 Å². The van der Waals surface area contributed by atoms with E-state index in [1.807, 2.05) is 0 Å². The highest BCUT2D eigenvalue weighted by Crippen LogP contribution is 2.49. The molecule has 0 nitrogen and oxygen atoms in total. The average molecular weight is 276 g/mol. The summed E-state index contributed by atoms with van der Waals surface area (Å²) >= 11 is 0. The number of benzene rings is 1. The fourth-order valence-electron chi connectivity index (χ4n) is 2.15. The van der Waals surface area contributed by atoms with Crippen LogP contribution in [0.3, 0.4) is 0 Å². The molecule has 0 radical (unpaired) electrons. The van der Waals surface area contributed by atoms with Crippen molar-refractivity contribution < 1.29 is 0 Å². The maximum absolute atomic E-state index is 2.48. The van der Waals surface area contributed by atoms with E-state index in [1.165, 1.54) is 37.4 Å². The number of hydrogen-bond acceptors (Lipinski definition) is 0. The van der Waals surface area contributed by atoms with Crippen molar-refractivity contribution in [1.82, 2.24) is 0 Å². The van der Waals surface area contributed by atoms with Gasteiger partial charge in [-0.05, 0) is 31.2 Å². The van der Waals surface area contributed by atoms with Crippen LogP contribution in [0.15, 0.2) is 42.2 Å². The van der Waals surface area contributed by atoms with E-state index in [9.17, 15) is 0 Å². The maximum atomic E-state index is 2.48. The van der Waals surface area contributed by atoms with Crippen molar-refractivity contribution >= 4 is 13.2 Å². The molecule has 0 aliphatic carbocycles. The Morgan fingerprint density at radius 2 is 1.68 bits per heavy atom. The highest BCUT2D eigenvalue weighted by Gasteiger charge is 2.22.